The summed E-state index contributed by atoms with van der Waals surface area (Å²) in [6.45, 7) is 1.70. The van der Waals surface area contributed by atoms with Gasteiger partial charge in [0.1, 0.15) is 11.6 Å². The minimum atomic E-state index is -3.89. The number of furan rings is 1. The molecule has 6 nitrogen and oxygen atoms in total. The van der Waals surface area contributed by atoms with Crippen LogP contribution in [0.2, 0.25) is 0 Å². The zero-order valence-corrected chi connectivity index (χ0v) is 11.9. The first kappa shape index (κ1) is 15.0. The molecule has 0 saturated carbocycles. The van der Waals surface area contributed by atoms with E-state index < -0.39 is 15.8 Å². The second-order valence-corrected chi connectivity index (χ2v) is 5.85. The van der Waals surface area contributed by atoms with Crippen LogP contribution >= 0.6 is 0 Å². The lowest BCUT2D eigenvalue weighted by molar-refractivity contribution is 0.419. The van der Waals surface area contributed by atoms with E-state index in [1.54, 1.807) is 6.92 Å². The number of nitrogens with zero attached hydrogens (tertiary/aromatic N) is 1. The molecule has 0 radical (unpaired) electrons. The van der Waals surface area contributed by atoms with Gasteiger partial charge in [-0.25, -0.2) is 17.9 Å². The second kappa shape index (κ2) is 5.55. The van der Waals surface area contributed by atoms with Crippen LogP contribution in [-0.2, 0) is 16.6 Å². The van der Waals surface area contributed by atoms with Gasteiger partial charge in [0.2, 0.25) is 5.09 Å². The van der Waals surface area contributed by atoms with Crippen LogP contribution in [0.1, 0.15) is 16.9 Å². The van der Waals surface area contributed by atoms with Crippen molar-refractivity contribution in [3.63, 3.8) is 0 Å². The number of nitriles is 1. The summed E-state index contributed by atoms with van der Waals surface area (Å²) in [5.74, 6) is -0.178. The Hall–Kier alpha value is -2.37. The molecule has 0 aliphatic rings. The fraction of sp³-hybridized carbons (Fsp3) is 0.154. The minimum absolute atomic E-state index is 0.130. The third-order valence-electron chi connectivity index (χ3n) is 2.84. The van der Waals surface area contributed by atoms with E-state index >= 15 is 0 Å². The van der Waals surface area contributed by atoms with E-state index in [1.165, 1.54) is 18.2 Å². The molecule has 21 heavy (non-hydrogen) atoms. The summed E-state index contributed by atoms with van der Waals surface area (Å²) < 4.78 is 40.8. The Kier molecular flexibility index (Phi) is 3.97. The normalized spacial score (nSPS) is 11.1. The molecular weight excluding hydrogens is 297 g/mol. The van der Waals surface area contributed by atoms with Gasteiger partial charge in [-0.2, -0.15) is 5.26 Å². The molecule has 3 N–H and O–H groups in total. The molecule has 0 aliphatic carbocycles. The highest BCUT2D eigenvalue weighted by molar-refractivity contribution is 7.89. The lowest BCUT2D eigenvalue weighted by Crippen LogP contribution is -2.10. The summed E-state index contributed by atoms with van der Waals surface area (Å²) in [5.41, 5.74) is 0.970. The topological polar surface area (TPSA) is 109 Å². The van der Waals surface area contributed by atoms with Crippen molar-refractivity contribution < 1.29 is 17.2 Å². The summed E-state index contributed by atoms with van der Waals surface area (Å²) >= 11 is 0. The van der Waals surface area contributed by atoms with Crippen LogP contribution in [0.3, 0.4) is 0 Å². The summed E-state index contributed by atoms with van der Waals surface area (Å²) in [6.07, 6.45) is 0. The van der Waals surface area contributed by atoms with Gasteiger partial charge >= 0.3 is 0 Å². The molecule has 0 atom stereocenters. The van der Waals surface area contributed by atoms with Gasteiger partial charge in [0.25, 0.3) is 10.0 Å². The Bertz CT molecular complexity index is 822. The zero-order chi connectivity index (χ0) is 15.6. The van der Waals surface area contributed by atoms with Gasteiger partial charge < -0.3 is 9.73 Å². The first-order valence-electron chi connectivity index (χ1n) is 5.87. The van der Waals surface area contributed by atoms with Crippen LogP contribution < -0.4 is 10.5 Å². The molecule has 0 saturated heterocycles. The molecule has 0 bridgehead atoms. The third-order valence-corrected chi connectivity index (χ3v) is 3.62. The van der Waals surface area contributed by atoms with Gasteiger partial charge in [-0.05, 0) is 31.2 Å². The maximum Gasteiger partial charge on any atom is 0.271 e. The molecule has 1 aromatic carbocycles. The van der Waals surface area contributed by atoms with Gasteiger partial charge in [-0.1, -0.05) is 0 Å². The second-order valence-electron chi connectivity index (χ2n) is 4.36. The first-order chi connectivity index (χ1) is 9.81. The zero-order valence-electron chi connectivity index (χ0n) is 11.1. The lowest BCUT2D eigenvalue weighted by Gasteiger charge is -2.09. The molecule has 2 aromatic rings. The van der Waals surface area contributed by atoms with Crippen molar-refractivity contribution in [3.8, 4) is 6.07 Å². The predicted octanol–water partition coefficient (Wildman–Crippen LogP) is 1.86. The van der Waals surface area contributed by atoms with Crippen molar-refractivity contribution in [1.82, 2.24) is 0 Å². The average molecular weight is 309 g/mol. The standard InChI is InChI=1S/C13H12FN3O3S/c1-8-11(14)4-9(6-15)5-12(8)17-7-10-2-3-13(20-10)21(16,18)19/h2-5,17H,7H2,1H3,(H2,16,18,19). The molecule has 110 valence electrons. The monoisotopic (exact) mass is 309 g/mol. The van der Waals surface area contributed by atoms with Crippen molar-refractivity contribution in [2.45, 2.75) is 18.6 Å². The molecule has 8 heteroatoms. The van der Waals surface area contributed by atoms with Crippen LogP contribution in [0.15, 0.2) is 33.8 Å². The largest absolute Gasteiger partial charge is 0.446 e. The van der Waals surface area contributed by atoms with Crippen LogP contribution in [-0.4, -0.2) is 8.42 Å². The number of halogens is 1. The summed E-state index contributed by atoms with van der Waals surface area (Å²) in [6, 6.07) is 7.20. The Morgan fingerprint density at radius 3 is 2.71 bits per heavy atom. The lowest BCUT2D eigenvalue weighted by atomic mass is 10.1. The highest BCUT2D eigenvalue weighted by Gasteiger charge is 2.13. The van der Waals surface area contributed by atoms with E-state index in [-0.39, 0.29) is 17.2 Å². The molecule has 0 unspecified atom stereocenters. The third kappa shape index (κ3) is 3.39. The maximum atomic E-state index is 13.6. The predicted molar refractivity (Wildman–Crippen MR) is 73.3 cm³/mol. The Morgan fingerprint density at radius 2 is 2.14 bits per heavy atom. The number of nitrogens with one attached hydrogen (secondary N) is 1. The molecule has 0 amide bonds. The van der Waals surface area contributed by atoms with Gasteiger partial charge in [0.15, 0.2) is 0 Å². The van der Waals surface area contributed by atoms with Crippen LogP contribution in [0.5, 0.6) is 0 Å². The van der Waals surface area contributed by atoms with E-state index in [1.807, 2.05) is 6.07 Å². The van der Waals surface area contributed by atoms with Crippen LogP contribution in [0, 0.1) is 24.1 Å². The fourth-order valence-electron chi connectivity index (χ4n) is 1.72. The number of primary sulfonamides is 1. The first-order valence-corrected chi connectivity index (χ1v) is 7.41. The number of sulfonamides is 1. The Balaban J connectivity index is 2.19. The molecule has 0 spiro atoms. The van der Waals surface area contributed by atoms with Gasteiger partial charge in [0.05, 0.1) is 18.2 Å². The number of rotatable bonds is 4. The number of benzene rings is 1. The molecule has 0 aliphatic heterocycles. The number of hydrogen-bond acceptors (Lipinski definition) is 5. The maximum absolute atomic E-state index is 13.6. The van der Waals surface area contributed by atoms with Gasteiger partial charge in [0, 0.05) is 11.3 Å². The Morgan fingerprint density at radius 1 is 1.43 bits per heavy atom. The summed E-state index contributed by atoms with van der Waals surface area (Å²) in [7, 11) is -3.89. The van der Waals surface area contributed by atoms with Crippen molar-refractivity contribution in [1.29, 1.82) is 5.26 Å². The Labute approximate surface area is 121 Å². The highest BCUT2D eigenvalue weighted by atomic mass is 32.2. The molecule has 1 aromatic heterocycles. The van der Waals surface area contributed by atoms with Crippen LogP contribution in [0.25, 0.3) is 0 Å². The molecule has 1 heterocycles. The quantitative estimate of drug-likeness (QED) is 0.896. The number of hydrogen-bond donors (Lipinski definition) is 2. The number of nitrogens with two attached hydrogens (primary N) is 1. The van der Waals surface area contributed by atoms with Crippen molar-refractivity contribution >= 4 is 15.7 Å². The summed E-state index contributed by atoms with van der Waals surface area (Å²) in [4.78, 5) is 0. The molecule has 0 fully saturated rings. The van der Waals surface area contributed by atoms with E-state index in [4.69, 9.17) is 14.8 Å². The highest BCUT2D eigenvalue weighted by Crippen LogP contribution is 2.22. The average Bonchev–Trinajstić information content (AvgIpc) is 2.89. The smallest absolute Gasteiger partial charge is 0.271 e. The number of anilines is 1. The van der Waals surface area contributed by atoms with Gasteiger partial charge in [-0.3, -0.25) is 0 Å². The molecule has 2 rings (SSSR count). The van der Waals surface area contributed by atoms with Crippen LogP contribution in [0.4, 0.5) is 10.1 Å². The van der Waals surface area contributed by atoms with E-state index in [0.717, 1.165) is 6.07 Å². The summed E-state index contributed by atoms with van der Waals surface area (Å²) in [5, 5.41) is 16.3. The van der Waals surface area contributed by atoms with E-state index in [0.29, 0.717) is 17.0 Å². The van der Waals surface area contributed by atoms with Crippen molar-refractivity contribution in [2.24, 2.45) is 5.14 Å². The fourth-order valence-corrected chi connectivity index (χ4v) is 2.20. The minimum Gasteiger partial charge on any atom is -0.446 e. The van der Waals surface area contributed by atoms with Gasteiger partial charge in [-0.15, -0.1) is 0 Å². The van der Waals surface area contributed by atoms with Crippen molar-refractivity contribution in [2.75, 3.05) is 5.32 Å². The molecular formula is C13H12FN3O3S. The van der Waals surface area contributed by atoms with E-state index in [9.17, 15) is 12.8 Å². The van der Waals surface area contributed by atoms with Crippen molar-refractivity contribution in [3.05, 3.63) is 47.0 Å². The SMILES string of the molecule is Cc1c(F)cc(C#N)cc1NCc1ccc(S(N)(=O)=O)o1. The van der Waals surface area contributed by atoms with E-state index in [2.05, 4.69) is 5.32 Å².